The van der Waals surface area contributed by atoms with Crippen LogP contribution in [0.15, 0.2) is 41.2 Å². The van der Waals surface area contributed by atoms with Crippen LogP contribution in [0.25, 0.3) is 11.3 Å². The Kier molecular flexibility index (Phi) is 5.61. The molecule has 24 heavy (non-hydrogen) atoms. The van der Waals surface area contributed by atoms with E-state index in [0.717, 1.165) is 35.6 Å². The van der Waals surface area contributed by atoms with E-state index in [2.05, 4.69) is 46.6 Å². The number of aromatic nitrogens is 3. The zero-order valence-corrected chi connectivity index (χ0v) is 14.6. The number of anilines is 1. The fourth-order valence-electron chi connectivity index (χ4n) is 2.60. The van der Waals surface area contributed by atoms with Crippen molar-refractivity contribution < 1.29 is 5.11 Å². The zero-order chi connectivity index (χ0) is 16.8. The highest BCUT2D eigenvalue weighted by Gasteiger charge is 2.10. The van der Waals surface area contributed by atoms with Gasteiger partial charge < -0.3 is 10.4 Å². The lowest BCUT2D eigenvalue weighted by molar-refractivity contribution is 0.270. The maximum absolute atomic E-state index is 9.27. The molecule has 0 saturated carbocycles. The second-order valence-electron chi connectivity index (χ2n) is 5.64. The van der Waals surface area contributed by atoms with Gasteiger partial charge in [-0.1, -0.05) is 37.6 Å². The molecule has 0 spiro atoms. The predicted molar refractivity (Wildman–Crippen MR) is 98.2 cm³/mol. The van der Waals surface area contributed by atoms with Crippen LogP contribution >= 0.6 is 11.3 Å². The van der Waals surface area contributed by atoms with Crippen LogP contribution in [-0.4, -0.2) is 26.5 Å². The monoisotopic (exact) mass is 342 g/mol. The molecule has 5 nitrogen and oxygen atoms in total. The molecular formula is C18H22N4OS. The topological polar surface area (TPSA) is 63.0 Å². The standard InChI is InChI=1S/C18H22N4OS/c1-2-3-14-4-6-15(7-5-14)17-10-18(22(21-17)8-9-23)19-11-16-12-24-13-20-16/h4-7,10,12-13,19,23H,2-3,8-9,11H2,1H3. The average molecular weight is 342 g/mol. The number of rotatable bonds is 8. The van der Waals surface area contributed by atoms with Crippen molar-refractivity contribution in [1.29, 1.82) is 0 Å². The molecule has 3 aromatic rings. The van der Waals surface area contributed by atoms with Gasteiger partial charge in [0.15, 0.2) is 0 Å². The number of aryl methyl sites for hydroxylation is 1. The fraction of sp³-hybridized carbons (Fsp3) is 0.333. The van der Waals surface area contributed by atoms with Gasteiger partial charge in [0, 0.05) is 17.0 Å². The van der Waals surface area contributed by atoms with Crippen LogP contribution in [0.2, 0.25) is 0 Å². The Labute approximate surface area is 146 Å². The first-order chi connectivity index (χ1) is 11.8. The third-order valence-corrected chi connectivity index (χ3v) is 4.45. The summed E-state index contributed by atoms with van der Waals surface area (Å²) in [6.07, 6.45) is 2.24. The third kappa shape index (κ3) is 4.01. The molecule has 3 rings (SSSR count). The van der Waals surface area contributed by atoms with Gasteiger partial charge in [-0.2, -0.15) is 5.10 Å². The van der Waals surface area contributed by atoms with E-state index < -0.39 is 0 Å². The zero-order valence-electron chi connectivity index (χ0n) is 13.8. The molecule has 2 aromatic heterocycles. The smallest absolute Gasteiger partial charge is 0.125 e. The molecule has 6 heteroatoms. The van der Waals surface area contributed by atoms with E-state index in [9.17, 15) is 5.11 Å². The first kappa shape index (κ1) is 16.7. The van der Waals surface area contributed by atoms with Gasteiger partial charge in [-0.3, -0.25) is 0 Å². The summed E-state index contributed by atoms with van der Waals surface area (Å²) >= 11 is 1.58. The molecule has 2 N–H and O–H groups in total. The number of thiazole rings is 1. The highest BCUT2D eigenvalue weighted by molar-refractivity contribution is 7.07. The third-order valence-electron chi connectivity index (χ3n) is 3.81. The Morgan fingerprint density at radius 1 is 1.25 bits per heavy atom. The minimum absolute atomic E-state index is 0.0575. The van der Waals surface area contributed by atoms with Crippen LogP contribution in [-0.2, 0) is 19.5 Å². The molecule has 126 valence electrons. The first-order valence-electron chi connectivity index (χ1n) is 8.19. The molecule has 0 aliphatic rings. The summed E-state index contributed by atoms with van der Waals surface area (Å²) in [6, 6.07) is 10.6. The van der Waals surface area contributed by atoms with Crippen molar-refractivity contribution in [3.05, 3.63) is 52.5 Å². The average Bonchev–Trinajstić information content (AvgIpc) is 3.24. The fourth-order valence-corrected chi connectivity index (χ4v) is 3.16. The normalized spacial score (nSPS) is 10.9. The van der Waals surface area contributed by atoms with E-state index in [1.165, 1.54) is 5.56 Å². The van der Waals surface area contributed by atoms with Crippen LogP contribution in [0.5, 0.6) is 0 Å². The molecule has 2 heterocycles. The molecule has 0 amide bonds. The second kappa shape index (κ2) is 8.08. The number of nitrogens with zero attached hydrogens (tertiary/aromatic N) is 3. The van der Waals surface area contributed by atoms with Crippen LogP contribution in [0, 0.1) is 0 Å². The molecular weight excluding hydrogens is 320 g/mol. The summed E-state index contributed by atoms with van der Waals surface area (Å²) in [5, 5.41) is 19.3. The molecule has 0 unspecified atom stereocenters. The van der Waals surface area contributed by atoms with Gasteiger partial charge in [0.25, 0.3) is 0 Å². The maximum Gasteiger partial charge on any atom is 0.125 e. The molecule has 0 saturated heterocycles. The molecule has 0 fully saturated rings. The number of hydrogen-bond acceptors (Lipinski definition) is 5. The Balaban J connectivity index is 1.79. The molecule has 0 aliphatic heterocycles. The van der Waals surface area contributed by atoms with E-state index in [0.29, 0.717) is 13.1 Å². The largest absolute Gasteiger partial charge is 0.394 e. The van der Waals surface area contributed by atoms with Crippen molar-refractivity contribution in [2.24, 2.45) is 0 Å². The van der Waals surface area contributed by atoms with Crippen LogP contribution < -0.4 is 5.32 Å². The summed E-state index contributed by atoms with van der Waals surface area (Å²) in [7, 11) is 0. The van der Waals surface area contributed by atoms with E-state index >= 15 is 0 Å². The predicted octanol–water partition coefficient (Wildman–Crippen LogP) is 3.56. The summed E-state index contributed by atoms with van der Waals surface area (Å²) in [5.41, 5.74) is 6.17. The van der Waals surface area contributed by atoms with Crippen molar-refractivity contribution in [3.63, 3.8) is 0 Å². The first-order valence-corrected chi connectivity index (χ1v) is 9.13. The lowest BCUT2D eigenvalue weighted by atomic mass is 10.1. The van der Waals surface area contributed by atoms with E-state index in [1.54, 1.807) is 11.3 Å². The second-order valence-corrected chi connectivity index (χ2v) is 6.36. The van der Waals surface area contributed by atoms with Crippen molar-refractivity contribution in [3.8, 4) is 11.3 Å². The van der Waals surface area contributed by atoms with Gasteiger partial charge in [0.2, 0.25) is 0 Å². The van der Waals surface area contributed by atoms with Crippen molar-refractivity contribution in [1.82, 2.24) is 14.8 Å². The lowest BCUT2D eigenvalue weighted by Gasteiger charge is -2.06. The molecule has 0 bridgehead atoms. The van der Waals surface area contributed by atoms with Crippen LogP contribution in [0.4, 0.5) is 5.82 Å². The summed E-state index contributed by atoms with van der Waals surface area (Å²) in [5.74, 6) is 0.893. The van der Waals surface area contributed by atoms with Crippen LogP contribution in [0.1, 0.15) is 24.6 Å². The van der Waals surface area contributed by atoms with Crippen molar-refractivity contribution in [2.45, 2.75) is 32.9 Å². The van der Waals surface area contributed by atoms with Crippen LogP contribution in [0.3, 0.4) is 0 Å². The Morgan fingerprint density at radius 3 is 2.75 bits per heavy atom. The SMILES string of the molecule is CCCc1ccc(-c2cc(NCc3cscn3)n(CCO)n2)cc1. The van der Waals surface area contributed by atoms with E-state index in [-0.39, 0.29) is 6.61 Å². The van der Waals surface area contributed by atoms with Gasteiger partial charge in [0.1, 0.15) is 5.82 Å². The van der Waals surface area contributed by atoms with E-state index in [1.807, 2.05) is 21.6 Å². The number of aliphatic hydroxyl groups is 1. The molecule has 0 aliphatic carbocycles. The highest BCUT2D eigenvalue weighted by Crippen LogP contribution is 2.23. The van der Waals surface area contributed by atoms with Gasteiger partial charge >= 0.3 is 0 Å². The summed E-state index contributed by atoms with van der Waals surface area (Å²) < 4.78 is 1.81. The van der Waals surface area contributed by atoms with Crippen molar-refractivity contribution >= 4 is 17.2 Å². The van der Waals surface area contributed by atoms with E-state index in [4.69, 9.17) is 0 Å². The van der Waals surface area contributed by atoms with Gasteiger partial charge in [-0.05, 0) is 12.0 Å². The minimum atomic E-state index is 0.0575. The highest BCUT2D eigenvalue weighted by atomic mass is 32.1. The summed E-state index contributed by atoms with van der Waals surface area (Å²) in [6.45, 7) is 3.36. The number of benzene rings is 1. The minimum Gasteiger partial charge on any atom is -0.394 e. The Hall–Kier alpha value is -2.18. The maximum atomic E-state index is 9.27. The number of nitrogens with one attached hydrogen (secondary N) is 1. The molecule has 0 atom stereocenters. The Morgan fingerprint density at radius 2 is 2.08 bits per heavy atom. The molecule has 1 aromatic carbocycles. The number of aliphatic hydroxyl groups excluding tert-OH is 1. The van der Waals surface area contributed by atoms with Gasteiger partial charge in [0.05, 0.1) is 36.6 Å². The summed E-state index contributed by atoms with van der Waals surface area (Å²) in [4.78, 5) is 4.28. The number of hydrogen-bond donors (Lipinski definition) is 2. The van der Waals surface area contributed by atoms with Gasteiger partial charge in [-0.15, -0.1) is 11.3 Å². The van der Waals surface area contributed by atoms with Gasteiger partial charge in [-0.25, -0.2) is 9.67 Å². The quantitative estimate of drug-likeness (QED) is 0.657. The Bertz CT molecular complexity index is 750. The van der Waals surface area contributed by atoms with Crippen molar-refractivity contribution in [2.75, 3.05) is 11.9 Å². The molecule has 0 radical (unpaired) electrons. The lowest BCUT2D eigenvalue weighted by Crippen LogP contribution is -2.10.